The maximum atomic E-state index is 12.9. The molecule has 3 aromatic rings. The number of nitrogens with zero attached hydrogens (tertiary/aromatic N) is 1. The zero-order valence-electron chi connectivity index (χ0n) is 18.0. The Labute approximate surface area is 187 Å². The molecule has 6 heteroatoms. The fraction of sp³-hybridized carbons (Fsp3) is 0.231. The summed E-state index contributed by atoms with van der Waals surface area (Å²) in [6.45, 7) is 0.913. The van der Waals surface area contributed by atoms with Crippen LogP contribution in [0.1, 0.15) is 27.9 Å². The van der Waals surface area contributed by atoms with Crippen molar-refractivity contribution in [2.24, 2.45) is 0 Å². The zero-order chi connectivity index (χ0) is 22.3. The summed E-state index contributed by atoms with van der Waals surface area (Å²) < 4.78 is 11.1. The topological polar surface area (TPSA) is 67.9 Å². The quantitative estimate of drug-likeness (QED) is 0.616. The zero-order valence-corrected chi connectivity index (χ0v) is 18.0. The van der Waals surface area contributed by atoms with E-state index in [0.717, 1.165) is 35.4 Å². The van der Waals surface area contributed by atoms with Crippen LogP contribution >= 0.6 is 0 Å². The first-order valence-electron chi connectivity index (χ1n) is 10.7. The molecule has 0 aromatic heterocycles. The van der Waals surface area contributed by atoms with Crippen LogP contribution in [-0.4, -0.2) is 32.1 Å². The average Bonchev–Trinajstić information content (AvgIpc) is 2.85. The first-order chi connectivity index (χ1) is 15.7. The Bertz CT molecular complexity index is 1100. The lowest BCUT2D eigenvalue weighted by atomic mass is 10.0. The molecule has 3 aromatic carbocycles. The van der Waals surface area contributed by atoms with Gasteiger partial charge in [-0.05, 0) is 54.3 Å². The van der Waals surface area contributed by atoms with Gasteiger partial charge in [0, 0.05) is 18.8 Å². The van der Waals surface area contributed by atoms with Crippen molar-refractivity contribution >= 4 is 17.5 Å². The number of aryl methyl sites for hydroxylation is 1. The second-order valence-electron chi connectivity index (χ2n) is 7.60. The summed E-state index contributed by atoms with van der Waals surface area (Å²) >= 11 is 0. The van der Waals surface area contributed by atoms with Crippen molar-refractivity contribution < 1.29 is 19.1 Å². The number of carbonyl (C=O) groups excluding carboxylic acids is 2. The number of benzene rings is 3. The number of hydrogen-bond acceptors (Lipinski definition) is 4. The molecule has 0 bridgehead atoms. The Morgan fingerprint density at radius 2 is 1.78 bits per heavy atom. The van der Waals surface area contributed by atoms with E-state index in [9.17, 15) is 9.59 Å². The molecule has 1 aliphatic rings. The highest BCUT2D eigenvalue weighted by Crippen LogP contribution is 2.30. The maximum Gasteiger partial charge on any atom is 0.264 e. The monoisotopic (exact) mass is 430 g/mol. The Kier molecular flexibility index (Phi) is 6.70. The van der Waals surface area contributed by atoms with E-state index in [2.05, 4.69) is 5.32 Å². The summed E-state index contributed by atoms with van der Waals surface area (Å²) in [4.78, 5) is 27.4. The van der Waals surface area contributed by atoms with Gasteiger partial charge in [0.05, 0.1) is 12.7 Å². The van der Waals surface area contributed by atoms with Gasteiger partial charge < -0.3 is 19.7 Å². The molecule has 32 heavy (non-hydrogen) atoms. The van der Waals surface area contributed by atoms with Crippen molar-refractivity contribution in [1.29, 1.82) is 0 Å². The van der Waals surface area contributed by atoms with Crippen molar-refractivity contribution in [2.75, 3.05) is 25.2 Å². The highest BCUT2D eigenvalue weighted by molar-refractivity contribution is 5.98. The molecule has 0 aliphatic carbocycles. The minimum Gasteiger partial charge on any atom is -0.497 e. The standard InChI is InChI=1S/C26H26N2O4/c1-31-21-13-14-23-20(16-21)10-7-15-28(23)25(29)18-32-24-12-6-5-11-22(24)26(30)27-17-19-8-3-2-4-9-19/h2-6,8-9,11-14,16H,7,10,15,17-18H2,1H3,(H,27,30). The maximum absolute atomic E-state index is 12.9. The van der Waals surface area contributed by atoms with E-state index >= 15 is 0 Å². The van der Waals surface area contributed by atoms with Gasteiger partial charge in [0.15, 0.2) is 6.61 Å². The Morgan fingerprint density at radius 1 is 1.00 bits per heavy atom. The number of para-hydroxylation sites is 1. The van der Waals surface area contributed by atoms with Gasteiger partial charge in [-0.1, -0.05) is 42.5 Å². The van der Waals surface area contributed by atoms with E-state index in [1.165, 1.54) is 0 Å². The molecule has 1 heterocycles. The molecule has 1 aliphatic heterocycles. The van der Waals surface area contributed by atoms with Gasteiger partial charge in [-0.25, -0.2) is 0 Å². The van der Waals surface area contributed by atoms with E-state index in [4.69, 9.17) is 9.47 Å². The van der Waals surface area contributed by atoms with Crippen LogP contribution in [-0.2, 0) is 17.8 Å². The fourth-order valence-corrected chi connectivity index (χ4v) is 3.83. The summed E-state index contributed by atoms with van der Waals surface area (Å²) in [5.41, 5.74) is 3.39. The summed E-state index contributed by atoms with van der Waals surface area (Å²) in [6.07, 6.45) is 1.78. The largest absolute Gasteiger partial charge is 0.497 e. The van der Waals surface area contributed by atoms with Crippen LogP contribution in [0, 0.1) is 0 Å². The Balaban J connectivity index is 1.41. The van der Waals surface area contributed by atoms with Crippen molar-refractivity contribution in [3.63, 3.8) is 0 Å². The molecule has 0 radical (unpaired) electrons. The number of anilines is 1. The predicted octanol–water partition coefficient (Wildman–Crippen LogP) is 3.98. The molecule has 0 atom stereocenters. The number of rotatable bonds is 7. The van der Waals surface area contributed by atoms with Crippen LogP contribution < -0.4 is 19.7 Å². The van der Waals surface area contributed by atoms with Crippen molar-refractivity contribution in [3.8, 4) is 11.5 Å². The molecule has 0 saturated heterocycles. The lowest BCUT2D eigenvalue weighted by Gasteiger charge is -2.29. The predicted molar refractivity (Wildman–Crippen MR) is 123 cm³/mol. The second-order valence-corrected chi connectivity index (χ2v) is 7.60. The lowest BCUT2D eigenvalue weighted by molar-refractivity contribution is -0.120. The summed E-state index contributed by atoms with van der Waals surface area (Å²) in [5, 5.41) is 2.90. The molecule has 0 spiro atoms. The fourth-order valence-electron chi connectivity index (χ4n) is 3.83. The molecule has 6 nitrogen and oxygen atoms in total. The molecule has 0 fully saturated rings. The van der Waals surface area contributed by atoms with Crippen LogP contribution in [0.3, 0.4) is 0 Å². The molecule has 164 valence electrons. The van der Waals surface area contributed by atoms with E-state index in [-0.39, 0.29) is 18.4 Å². The van der Waals surface area contributed by atoms with Crippen molar-refractivity contribution in [1.82, 2.24) is 5.32 Å². The highest BCUT2D eigenvalue weighted by atomic mass is 16.5. The van der Waals surface area contributed by atoms with Crippen LogP contribution in [0.4, 0.5) is 5.69 Å². The Hall–Kier alpha value is -3.80. The highest BCUT2D eigenvalue weighted by Gasteiger charge is 2.24. The van der Waals surface area contributed by atoms with Crippen LogP contribution in [0.2, 0.25) is 0 Å². The molecule has 1 N–H and O–H groups in total. The van der Waals surface area contributed by atoms with Gasteiger partial charge in [0.2, 0.25) is 0 Å². The van der Waals surface area contributed by atoms with Crippen LogP contribution in [0.15, 0.2) is 72.8 Å². The van der Waals surface area contributed by atoms with Gasteiger partial charge in [-0.2, -0.15) is 0 Å². The summed E-state index contributed by atoms with van der Waals surface area (Å²) in [7, 11) is 1.63. The third kappa shape index (κ3) is 4.91. The number of nitrogens with one attached hydrogen (secondary N) is 1. The van der Waals surface area contributed by atoms with Gasteiger partial charge >= 0.3 is 0 Å². The second kappa shape index (κ2) is 10.0. The van der Waals surface area contributed by atoms with Crippen molar-refractivity contribution in [2.45, 2.75) is 19.4 Å². The Morgan fingerprint density at radius 3 is 2.59 bits per heavy atom. The number of amides is 2. The summed E-state index contributed by atoms with van der Waals surface area (Å²) in [6, 6.07) is 22.4. The SMILES string of the molecule is COc1ccc2c(c1)CCCN2C(=O)COc1ccccc1C(=O)NCc1ccccc1. The van der Waals surface area contributed by atoms with Crippen LogP contribution in [0.25, 0.3) is 0 Å². The average molecular weight is 431 g/mol. The molecule has 2 amide bonds. The normalized spacial score (nSPS) is 12.6. The van der Waals surface area contributed by atoms with Gasteiger partial charge in [-0.3, -0.25) is 9.59 Å². The molecular formula is C26H26N2O4. The third-order valence-electron chi connectivity index (χ3n) is 5.49. The number of methoxy groups -OCH3 is 1. The van der Waals surface area contributed by atoms with E-state index in [1.54, 1.807) is 36.3 Å². The minimum absolute atomic E-state index is 0.143. The van der Waals surface area contributed by atoms with E-state index in [1.807, 2.05) is 48.5 Å². The van der Waals surface area contributed by atoms with Crippen LogP contribution in [0.5, 0.6) is 11.5 Å². The third-order valence-corrected chi connectivity index (χ3v) is 5.49. The number of carbonyl (C=O) groups is 2. The molecule has 0 unspecified atom stereocenters. The van der Waals surface area contributed by atoms with Gasteiger partial charge in [0.1, 0.15) is 11.5 Å². The van der Waals surface area contributed by atoms with Gasteiger partial charge in [-0.15, -0.1) is 0 Å². The number of fused-ring (bicyclic) bond motifs is 1. The van der Waals surface area contributed by atoms with E-state index < -0.39 is 0 Å². The van der Waals surface area contributed by atoms with Gasteiger partial charge in [0.25, 0.3) is 11.8 Å². The first kappa shape index (κ1) is 21.4. The number of ether oxygens (including phenoxy) is 2. The molecule has 0 saturated carbocycles. The number of hydrogen-bond donors (Lipinski definition) is 1. The summed E-state index contributed by atoms with van der Waals surface area (Å²) in [5.74, 6) is 0.783. The van der Waals surface area contributed by atoms with E-state index in [0.29, 0.717) is 24.4 Å². The molecular weight excluding hydrogens is 404 g/mol. The first-order valence-corrected chi connectivity index (χ1v) is 10.7. The minimum atomic E-state index is -0.243. The lowest BCUT2D eigenvalue weighted by Crippen LogP contribution is -2.38. The van der Waals surface area contributed by atoms with Crippen molar-refractivity contribution in [3.05, 3.63) is 89.5 Å². The smallest absolute Gasteiger partial charge is 0.264 e. The molecule has 4 rings (SSSR count).